The molecule has 16 heavy (non-hydrogen) atoms. The summed E-state index contributed by atoms with van der Waals surface area (Å²) in [6.07, 6.45) is 1.70. The van der Waals surface area contributed by atoms with Gasteiger partial charge in [-0.1, -0.05) is 5.16 Å². The molecule has 0 radical (unpaired) electrons. The average Bonchev–Trinajstić information content (AvgIpc) is 2.73. The summed E-state index contributed by atoms with van der Waals surface area (Å²) in [5, 5.41) is 10.3. The van der Waals surface area contributed by atoms with Crippen LogP contribution in [0.1, 0.15) is 16.2 Å². The van der Waals surface area contributed by atoms with Crippen molar-refractivity contribution < 1.29 is 9.32 Å². The van der Waals surface area contributed by atoms with Crippen molar-refractivity contribution in [3.05, 3.63) is 28.2 Å². The summed E-state index contributed by atoms with van der Waals surface area (Å²) in [4.78, 5) is 11.8. The third kappa shape index (κ3) is 2.13. The lowest BCUT2D eigenvalue weighted by Gasteiger charge is -1.97. The van der Waals surface area contributed by atoms with E-state index in [4.69, 9.17) is 4.52 Å². The highest BCUT2D eigenvalue weighted by molar-refractivity contribution is 9.10. The lowest BCUT2D eigenvalue weighted by Crippen LogP contribution is -2.13. The second-order valence-corrected chi connectivity index (χ2v) is 4.13. The number of anilines is 1. The van der Waals surface area contributed by atoms with E-state index in [1.54, 1.807) is 30.9 Å². The summed E-state index contributed by atoms with van der Waals surface area (Å²) in [5.41, 5.74) is 0.308. The summed E-state index contributed by atoms with van der Waals surface area (Å²) in [6.45, 7) is 1.75. The molecule has 0 aliphatic carbocycles. The van der Waals surface area contributed by atoms with Gasteiger partial charge in [-0.25, -0.2) is 0 Å². The van der Waals surface area contributed by atoms with E-state index < -0.39 is 0 Å². The number of rotatable bonds is 2. The third-order valence-corrected chi connectivity index (χ3v) is 2.45. The normalized spacial score (nSPS) is 10.4. The Labute approximate surface area is 99.7 Å². The lowest BCUT2D eigenvalue weighted by atomic mass is 10.4. The highest BCUT2D eigenvalue weighted by Crippen LogP contribution is 2.16. The first-order chi connectivity index (χ1) is 7.56. The van der Waals surface area contributed by atoms with Crippen LogP contribution in [0.3, 0.4) is 0 Å². The van der Waals surface area contributed by atoms with Crippen molar-refractivity contribution in [3.8, 4) is 0 Å². The highest BCUT2D eigenvalue weighted by atomic mass is 79.9. The Bertz CT molecular complexity index is 531. The fraction of sp³-hybridized carbons (Fsp3) is 0.222. The summed E-state index contributed by atoms with van der Waals surface area (Å²) < 4.78 is 7.02. The van der Waals surface area contributed by atoms with Crippen LogP contribution in [0.4, 0.5) is 5.82 Å². The third-order valence-electron chi connectivity index (χ3n) is 1.87. The van der Waals surface area contributed by atoms with Gasteiger partial charge in [0.15, 0.2) is 11.5 Å². The van der Waals surface area contributed by atoms with Crippen molar-refractivity contribution in [2.24, 2.45) is 7.05 Å². The second-order valence-electron chi connectivity index (χ2n) is 3.28. The van der Waals surface area contributed by atoms with Gasteiger partial charge in [-0.15, -0.1) is 0 Å². The molecule has 7 heteroatoms. The molecule has 2 aromatic heterocycles. The van der Waals surface area contributed by atoms with Crippen molar-refractivity contribution in [1.29, 1.82) is 0 Å². The lowest BCUT2D eigenvalue weighted by molar-refractivity contribution is 0.102. The molecule has 0 atom stereocenters. The van der Waals surface area contributed by atoms with Gasteiger partial charge in [0.1, 0.15) is 5.76 Å². The zero-order chi connectivity index (χ0) is 11.7. The maximum atomic E-state index is 11.8. The smallest absolute Gasteiger partial charge is 0.278 e. The van der Waals surface area contributed by atoms with Gasteiger partial charge in [-0.05, 0) is 22.9 Å². The molecule has 1 amide bonds. The van der Waals surface area contributed by atoms with Crippen LogP contribution in [0.2, 0.25) is 0 Å². The Morgan fingerprint density at radius 1 is 1.62 bits per heavy atom. The van der Waals surface area contributed by atoms with E-state index in [0.29, 0.717) is 21.7 Å². The van der Waals surface area contributed by atoms with Gasteiger partial charge in [-0.3, -0.25) is 9.48 Å². The predicted octanol–water partition coefficient (Wildman–Crippen LogP) is 1.73. The molecule has 84 valence electrons. The van der Waals surface area contributed by atoms with Crippen molar-refractivity contribution in [1.82, 2.24) is 14.9 Å². The minimum Gasteiger partial charge on any atom is -0.360 e. The van der Waals surface area contributed by atoms with Crippen LogP contribution in [0, 0.1) is 6.92 Å². The zero-order valence-corrected chi connectivity index (χ0v) is 10.3. The number of nitrogens with zero attached hydrogens (tertiary/aromatic N) is 3. The number of aryl methyl sites for hydroxylation is 2. The molecule has 0 bridgehead atoms. The van der Waals surface area contributed by atoms with E-state index in [0.717, 1.165) is 0 Å². The Hall–Kier alpha value is -1.63. The van der Waals surface area contributed by atoms with Crippen LogP contribution in [0.15, 0.2) is 21.3 Å². The molecule has 1 N–H and O–H groups in total. The largest absolute Gasteiger partial charge is 0.360 e. The molecular weight excluding hydrogens is 276 g/mol. The molecule has 0 spiro atoms. The van der Waals surface area contributed by atoms with Crippen LogP contribution >= 0.6 is 15.9 Å². The van der Waals surface area contributed by atoms with Crippen LogP contribution in [0.5, 0.6) is 0 Å². The summed E-state index contributed by atoms with van der Waals surface area (Å²) in [6, 6.07) is 1.63. The number of amides is 1. The predicted molar refractivity (Wildman–Crippen MR) is 60.1 cm³/mol. The number of halogens is 1. The van der Waals surface area contributed by atoms with Crippen LogP contribution in [0.25, 0.3) is 0 Å². The topological polar surface area (TPSA) is 73.0 Å². The van der Waals surface area contributed by atoms with E-state index in [2.05, 4.69) is 31.5 Å². The molecule has 0 saturated heterocycles. The average molecular weight is 285 g/mol. The summed E-state index contributed by atoms with van der Waals surface area (Å²) in [7, 11) is 1.74. The number of aromatic nitrogens is 3. The number of carbonyl (C=O) groups is 1. The van der Waals surface area contributed by atoms with Gasteiger partial charge in [0.2, 0.25) is 0 Å². The minimum atomic E-state index is -0.333. The van der Waals surface area contributed by atoms with Gasteiger partial charge in [0, 0.05) is 19.3 Å². The minimum absolute atomic E-state index is 0.308. The molecule has 0 aromatic carbocycles. The quantitative estimate of drug-likeness (QED) is 0.912. The van der Waals surface area contributed by atoms with Gasteiger partial charge in [-0.2, -0.15) is 5.10 Å². The van der Waals surface area contributed by atoms with Gasteiger partial charge >= 0.3 is 0 Å². The van der Waals surface area contributed by atoms with E-state index >= 15 is 0 Å². The molecule has 6 nitrogen and oxygen atoms in total. The standard InChI is InChI=1S/C9H9BrN4O2/c1-5-3-7(13-16-5)11-9(15)8-6(10)4-14(2)12-8/h3-4H,1-2H3,(H,11,13,15). The number of nitrogens with one attached hydrogen (secondary N) is 1. The van der Waals surface area contributed by atoms with Gasteiger partial charge < -0.3 is 9.84 Å². The molecule has 0 saturated carbocycles. The Balaban J connectivity index is 2.17. The van der Waals surface area contributed by atoms with Crippen molar-refractivity contribution >= 4 is 27.7 Å². The molecular formula is C9H9BrN4O2. The first-order valence-corrected chi connectivity index (χ1v) is 5.29. The summed E-state index contributed by atoms with van der Waals surface area (Å²) >= 11 is 3.25. The number of carbonyl (C=O) groups excluding carboxylic acids is 1. The SMILES string of the molecule is Cc1cc(NC(=O)c2nn(C)cc2Br)no1. The van der Waals surface area contributed by atoms with E-state index in [1.807, 2.05) is 0 Å². The van der Waals surface area contributed by atoms with Gasteiger partial charge in [0.25, 0.3) is 5.91 Å². The first kappa shape index (κ1) is 10.9. The molecule has 0 aliphatic heterocycles. The monoisotopic (exact) mass is 284 g/mol. The van der Waals surface area contributed by atoms with Gasteiger partial charge in [0.05, 0.1) is 4.47 Å². The van der Waals surface area contributed by atoms with E-state index in [-0.39, 0.29) is 5.91 Å². The molecule has 2 aromatic rings. The fourth-order valence-corrected chi connectivity index (χ4v) is 1.77. The van der Waals surface area contributed by atoms with E-state index in [9.17, 15) is 4.79 Å². The molecule has 0 fully saturated rings. The fourth-order valence-electron chi connectivity index (χ4n) is 1.21. The summed E-state index contributed by atoms with van der Waals surface area (Å²) in [5.74, 6) is 0.677. The number of hydrogen-bond donors (Lipinski definition) is 1. The molecule has 0 aliphatic rings. The maximum Gasteiger partial charge on any atom is 0.278 e. The molecule has 2 rings (SSSR count). The Morgan fingerprint density at radius 3 is 2.88 bits per heavy atom. The maximum absolute atomic E-state index is 11.8. The Kier molecular flexibility index (Phi) is 2.78. The second kappa shape index (κ2) is 4.09. The van der Waals surface area contributed by atoms with Crippen LogP contribution in [-0.4, -0.2) is 20.8 Å². The van der Waals surface area contributed by atoms with Crippen molar-refractivity contribution in [2.75, 3.05) is 5.32 Å². The van der Waals surface area contributed by atoms with Crippen LogP contribution < -0.4 is 5.32 Å². The molecule has 2 heterocycles. The van der Waals surface area contributed by atoms with Crippen LogP contribution in [-0.2, 0) is 7.05 Å². The Morgan fingerprint density at radius 2 is 2.38 bits per heavy atom. The highest BCUT2D eigenvalue weighted by Gasteiger charge is 2.15. The molecule has 0 unspecified atom stereocenters. The number of hydrogen-bond acceptors (Lipinski definition) is 4. The van der Waals surface area contributed by atoms with Crippen molar-refractivity contribution in [2.45, 2.75) is 6.92 Å². The zero-order valence-electron chi connectivity index (χ0n) is 8.69. The first-order valence-electron chi connectivity index (χ1n) is 4.50. The van der Waals surface area contributed by atoms with E-state index in [1.165, 1.54) is 0 Å². The van der Waals surface area contributed by atoms with Crippen molar-refractivity contribution in [3.63, 3.8) is 0 Å².